The molecule has 0 radical (unpaired) electrons. The van der Waals surface area contributed by atoms with E-state index in [9.17, 15) is 9.59 Å². The summed E-state index contributed by atoms with van der Waals surface area (Å²) in [6, 6.07) is 9.72. The minimum absolute atomic E-state index is 0.0148. The van der Waals surface area contributed by atoms with Gasteiger partial charge in [0.15, 0.2) is 0 Å². The van der Waals surface area contributed by atoms with Crippen LogP contribution in [-0.2, 0) is 11.3 Å². The third kappa shape index (κ3) is 3.37. The predicted octanol–water partition coefficient (Wildman–Crippen LogP) is 1.95. The molecule has 0 bridgehead atoms. The monoisotopic (exact) mass is 351 g/mol. The van der Waals surface area contributed by atoms with Gasteiger partial charge in [0.2, 0.25) is 5.91 Å². The second-order valence-corrected chi connectivity index (χ2v) is 6.47. The fraction of sp³-hybridized carbons (Fsp3) is 0.211. The molecule has 2 amide bonds. The molecule has 3 aromatic rings. The van der Waals surface area contributed by atoms with Gasteiger partial charge in [0.05, 0.1) is 23.0 Å². The van der Waals surface area contributed by atoms with Gasteiger partial charge in [0, 0.05) is 24.2 Å². The van der Waals surface area contributed by atoms with Crippen LogP contribution in [0, 0.1) is 5.92 Å². The molecule has 0 saturated heterocycles. The van der Waals surface area contributed by atoms with Crippen molar-refractivity contribution in [2.24, 2.45) is 11.7 Å². The average molecular weight is 351 g/mol. The van der Waals surface area contributed by atoms with Gasteiger partial charge in [0.1, 0.15) is 0 Å². The zero-order chi connectivity index (χ0) is 18.8. The molecular formula is C19H21N5O2. The van der Waals surface area contributed by atoms with E-state index in [-0.39, 0.29) is 17.4 Å². The van der Waals surface area contributed by atoms with Crippen molar-refractivity contribution in [2.45, 2.75) is 20.4 Å². The van der Waals surface area contributed by atoms with E-state index in [1.165, 1.54) is 6.20 Å². The number of hydrogen-bond donors (Lipinski definition) is 3. The molecule has 0 aliphatic carbocycles. The Hall–Kier alpha value is -3.35. The van der Waals surface area contributed by atoms with Gasteiger partial charge >= 0.3 is 0 Å². The van der Waals surface area contributed by atoms with Gasteiger partial charge in [-0.3, -0.25) is 9.59 Å². The second-order valence-electron chi connectivity index (χ2n) is 6.47. The minimum atomic E-state index is -0.608. The number of nitrogens with one attached hydrogen (secondary N) is 1. The Morgan fingerprint density at radius 3 is 2.69 bits per heavy atom. The van der Waals surface area contributed by atoms with Crippen LogP contribution < -0.4 is 16.8 Å². The third-order valence-corrected chi connectivity index (χ3v) is 4.19. The summed E-state index contributed by atoms with van der Waals surface area (Å²) < 4.78 is 1.62. The largest absolute Gasteiger partial charge is 0.396 e. The Bertz CT molecular complexity index is 991. The Kier molecular flexibility index (Phi) is 4.62. The Morgan fingerprint density at radius 2 is 2.00 bits per heavy atom. The SMILES string of the molecule is CC(C)C(=O)NCc1cccc(-c2cc3c(N)c(C(N)=O)cnn3c2)c1. The average Bonchev–Trinajstić information content (AvgIpc) is 3.05. The van der Waals surface area contributed by atoms with E-state index in [0.717, 1.165) is 16.7 Å². The highest BCUT2D eigenvalue weighted by Crippen LogP contribution is 2.27. The van der Waals surface area contributed by atoms with Crippen LogP contribution in [-0.4, -0.2) is 21.4 Å². The summed E-state index contributed by atoms with van der Waals surface area (Å²) in [5.74, 6) is -0.646. The van der Waals surface area contributed by atoms with E-state index in [1.807, 2.05) is 50.4 Å². The molecule has 0 fully saturated rings. The van der Waals surface area contributed by atoms with Gasteiger partial charge in [-0.2, -0.15) is 5.10 Å². The van der Waals surface area contributed by atoms with E-state index in [2.05, 4.69) is 10.4 Å². The van der Waals surface area contributed by atoms with Crippen LogP contribution in [0.4, 0.5) is 5.69 Å². The number of rotatable bonds is 5. The predicted molar refractivity (Wildman–Crippen MR) is 100 cm³/mol. The molecule has 3 rings (SSSR count). The highest BCUT2D eigenvalue weighted by Gasteiger charge is 2.13. The molecular weight excluding hydrogens is 330 g/mol. The van der Waals surface area contributed by atoms with E-state index in [4.69, 9.17) is 11.5 Å². The van der Waals surface area contributed by atoms with Crippen molar-refractivity contribution in [2.75, 3.05) is 5.73 Å². The topological polar surface area (TPSA) is 116 Å². The van der Waals surface area contributed by atoms with Crippen molar-refractivity contribution in [3.8, 4) is 11.1 Å². The van der Waals surface area contributed by atoms with Crippen molar-refractivity contribution in [1.82, 2.24) is 14.9 Å². The number of carbonyl (C=O) groups excluding carboxylic acids is 2. The number of hydrogen-bond acceptors (Lipinski definition) is 4. The van der Waals surface area contributed by atoms with Crippen LogP contribution in [0.25, 0.3) is 16.6 Å². The maximum absolute atomic E-state index is 11.7. The second kappa shape index (κ2) is 6.87. The van der Waals surface area contributed by atoms with Crippen molar-refractivity contribution in [3.63, 3.8) is 0 Å². The maximum atomic E-state index is 11.7. The molecule has 134 valence electrons. The lowest BCUT2D eigenvalue weighted by Crippen LogP contribution is -2.27. The summed E-state index contributed by atoms with van der Waals surface area (Å²) >= 11 is 0. The summed E-state index contributed by atoms with van der Waals surface area (Å²) in [7, 11) is 0. The van der Waals surface area contributed by atoms with E-state index >= 15 is 0 Å². The molecule has 26 heavy (non-hydrogen) atoms. The van der Waals surface area contributed by atoms with Crippen molar-refractivity contribution < 1.29 is 9.59 Å². The summed E-state index contributed by atoms with van der Waals surface area (Å²) in [5, 5.41) is 7.09. The number of fused-ring (bicyclic) bond motifs is 1. The lowest BCUT2D eigenvalue weighted by Gasteiger charge is -2.08. The number of anilines is 1. The highest BCUT2D eigenvalue weighted by molar-refractivity contribution is 6.01. The van der Waals surface area contributed by atoms with E-state index in [0.29, 0.717) is 17.7 Å². The van der Waals surface area contributed by atoms with Gasteiger partial charge < -0.3 is 16.8 Å². The fourth-order valence-electron chi connectivity index (χ4n) is 2.68. The van der Waals surface area contributed by atoms with Crippen LogP contribution in [0.5, 0.6) is 0 Å². The zero-order valence-corrected chi connectivity index (χ0v) is 14.7. The number of carbonyl (C=O) groups is 2. The zero-order valence-electron chi connectivity index (χ0n) is 14.7. The Balaban J connectivity index is 1.92. The van der Waals surface area contributed by atoms with Gasteiger partial charge in [0.25, 0.3) is 5.91 Å². The summed E-state index contributed by atoms with van der Waals surface area (Å²) in [6.45, 7) is 4.18. The van der Waals surface area contributed by atoms with E-state index in [1.54, 1.807) is 4.52 Å². The van der Waals surface area contributed by atoms with Crippen molar-refractivity contribution in [1.29, 1.82) is 0 Å². The number of nitrogens with zero attached hydrogens (tertiary/aromatic N) is 2. The minimum Gasteiger partial charge on any atom is -0.396 e. The number of aromatic nitrogens is 2. The lowest BCUT2D eigenvalue weighted by atomic mass is 10.1. The van der Waals surface area contributed by atoms with Gasteiger partial charge in [-0.1, -0.05) is 32.0 Å². The van der Waals surface area contributed by atoms with Gasteiger partial charge in [-0.25, -0.2) is 4.52 Å². The quantitative estimate of drug-likeness (QED) is 0.651. The Labute approximate surface area is 151 Å². The van der Waals surface area contributed by atoms with Crippen molar-refractivity contribution in [3.05, 3.63) is 53.9 Å². The molecule has 0 aliphatic rings. The van der Waals surface area contributed by atoms with Gasteiger partial charge in [-0.15, -0.1) is 0 Å². The first-order chi connectivity index (χ1) is 12.4. The molecule has 1 aromatic carbocycles. The number of nitrogens with two attached hydrogens (primary N) is 2. The molecule has 7 heteroatoms. The van der Waals surface area contributed by atoms with Crippen LogP contribution in [0.15, 0.2) is 42.7 Å². The van der Waals surface area contributed by atoms with Crippen LogP contribution in [0.3, 0.4) is 0 Å². The first kappa shape index (κ1) is 17.5. The number of nitrogen functional groups attached to an aromatic ring is 1. The molecule has 0 spiro atoms. The maximum Gasteiger partial charge on any atom is 0.252 e. The summed E-state index contributed by atoms with van der Waals surface area (Å²) in [4.78, 5) is 23.2. The Morgan fingerprint density at radius 1 is 1.23 bits per heavy atom. The molecule has 0 aliphatic heterocycles. The smallest absolute Gasteiger partial charge is 0.252 e. The first-order valence-electron chi connectivity index (χ1n) is 8.30. The highest BCUT2D eigenvalue weighted by atomic mass is 16.2. The molecule has 2 heterocycles. The summed E-state index contributed by atoms with van der Waals surface area (Å²) in [6.07, 6.45) is 3.20. The molecule has 0 saturated carbocycles. The number of amides is 2. The molecule has 7 nitrogen and oxygen atoms in total. The molecule has 0 atom stereocenters. The standard InChI is InChI=1S/C19H21N5O2/c1-11(2)19(26)22-8-12-4-3-5-13(6-12)14-7-16-17(20)15(18(21)25)9-23-24(16)10-14/h3-7,9-11H,8,20H2,1-2H3,(H2,21,25)(H,22,26). The number of benzene rings is 1. The molecule has 0 unspecified atom stereocenters. The molecule has 5 N–H and O–H groups in total. The van der Waals surface area contributed by atoms with Crippen LogP contribution in [0.1, 0.15) is 29.8 Å². The summed E-state index contributed by atoms with van der Waals surface area (Å²) in [5.41, 5.74) is 15.3. The normalized spacial score (nSPS) is 11.0. The first-order valence-corrected chi connectivity index (χ1v) is 8.30. The number of primary amides is 1. The fourth-order valence-corrected chi connectivity index (χ4v) is 2.68. The van der Waals surface area contributed by atoms with E-state index < -0.39 is 5.91 Å². The third-order valence-electron chi connectivity index (χ3n) is 4.19. The van der Waals surface area contributed by atoms with Crippen molar-refractivity contribution >= 4 is 23.0 Å². The molecule has 2 aromatic heterocycles. The van der Waals surface area contributed by atoms with Gasteiger partial charge in [-0.05, 0) is 23.3 Å². The van der Waals surface area contributed by atoms with Crippen LogP contribution in [0.2, 0.25) is 0 Å². The van der Waals surface area contributed by atoms with Crippen LogP contribution >= 0.6 is 0 Å². The lowest BCUT2D eigenvalue weighted by molar-refractivity contribution is -0.124.